The minimum atomic E-state index is -1.88. The van der Waals surface area contributed by atoms with E-state index in [9.17, 15) is 27.9 Å². The molecule has 0 heterocycles. The Morgan fingerprint density at radius 3 is 2.06 bits per heavy atom. The van der Waals surface area contributed by atoms with Crippen molar-refractivity contribution in [2.24, 2.45) is 0 Å². The Kier molecular flexibility index (Phi) is 3.52. The summed E-state index contributed by atoms with van der Waals surface area (Å²) in [5.74, 6) is -8.73. The minimum Gasteiger partial charge on any atom is -0.507 e. The predicted octanol–water partition coefficient (Wildman–Crippen LogP) is 1.66. The van der Waals surface area contributed by atoms with E-state index in [0.29, 0.717) is 6.07 Å². The van der Waals surface area contributed by atoms with E-state index >= 15 is 0 Å². The lowest BCUT2D eigenvalue weighted by Crippen LogP contribution is -2.10. The second-order valence-electron chi connectivity index (χ2n) is 2.95. The van der Waals surface area contributed by atoms with E-state index in [1.54, 1.807) is 0 Å². The van der Waals surface area contributed by atoms with Gasteiger partial charge in [0.1, 0.15) is 11.6 Å². The van der Waals surface area contributed by atoms with Gasteiger partial charge in [0.15, 0.2) is 11.6 Å². The molecule has 1 rings (SSSR count). The van der Waals surface area contributed by atoms with E-state index in [0.717, 1.165) is 0 Å². The lowest BCUT2D eigenvalue weighted by molar-refractivity contribution is -0.146. The molecule has 0 amide bonds. The molecule has 0 saturated heterocycles. The summed E-state index contributed by atoms with van der Waals surface area (Å²) >= 11 is 0. The molecule has 0 unspecified atom stereocenters. The first-order valence-electron chi connectivity index (χ1n) is 4.15. The van der Waals surface area contributed by atoms with E-state index < -0.39 is 40.5 Å². The Hall–Kier alpha value is -2.31. The van der Waals surface area contributed by atoms with Crippen LogP contribution < -0.4 is 0 Å². The third-order valence-corrected chi connectivity index (χ3v) is 1.76. The van der Waals surface area contributed by atoms with Gasteiger partial charge in [-0.2, -0.15) is 0 Å². The maximum absolute atomic E-state index is 13.1. The Morgan fingerprint density at radius 1 is 1.00 bits per heavy atom. The standard InChI is InChI=1S/C10H5F3O4/c11-5-2-7(13)6(12)1-4(5)8(14)3-9(15)10(16)17/h1-3,14H,(H,16,17)/b8-3-. The number of aliphatic hydroxyl groups is 1. The maximum atomic E-state index is 13.1. The first-order chi connectivity index (χ1) is 7.82. The second kappa shape index (κ2) is 4.69. The van der Waals surface area contributed by atoms with Gasteiger partial charge < -0.3 is 10.2 Å². The van der Waals surface area contributed by atoms with Crippen LogP contribution in [0.4, 0.5) is 13.2 Å². The van der Waals surface area contributed by atoms with Gasteiger partial charge in [0.2, 0.25) is 0 Å². The molecular weight excluding hydrogens is 241 g/mol. The van der Waals surface area contributed by atoms with Crippen molar-refractivity contribution in [1.29, 1.82) is 0 Å². The van der Waals surface area contributed by atoms with E-state index in [-0.39, 0.29) is 12.1 Å². The molecule has 0 aliphatic rings. The van der Waals surface area contributed by atoms with Crippen LogP contribution in [-0.2, 0) is 9.59 Å². The molecule has 0 radical (unpaired) electrons. The number of halogens is 3. The summed E-state index contributed by atoms with van der Waals surface area (Å²) in [6, 6.07) is 0.478. The minimum absolute atomic E-state index is 0.167. The first kappa shape index (κ1) is 12.8. The molecule has 90 valence electrons. The SMILES string of the molecule is O=C(O)C(=O)/C=C(\O)c1cc(F)c(F)cc1F. The Labute approximate surface area is 92.6 Å². The van der Waals surface area contributed by atoms with Crippen LogP contribution in [0.3, 0.4) is 0 Å². The molecule has 17 heavy (non-hydrogen) atoms. The van der Waals surface area contributed by atoms with Crippen molar-refractivity contribution in [3.05, 3.63) is 41.2 Å². The number of carbonyl (C=O) groups is 2. The third kappa shape index (κ3) is 2.83. The van der Waals surface area contributed by atoms with Crippen LogP contribution in [0.1, 0.15) is 5.56 Å². The monoisotopic (exact) mass is 246 g/mol. The van der Waals surface area contributed by atoms with Gasteiger partial charge in [-0.3, -0.25) is 4.79 Å². The molecule has 2 N–H and O–H groups in total. The summed E-state index contributed by atoms with van der Waals surface area (Å²) < 4.78 is 38.3. The van der Waals surface area contributed by atoms with Gasteiger partial charge in [0, 0.05) is 12.1 Å². The number of ketones is 1. The van der Waals surface area contributed by atoms with Gasteiger partial charge in [0.25, 0.3) is 5.78 Å². The molecule has 0 bridgehead atoms. The van der Waals surface area contributed by atoms with E-state index in [2.05, 4.69) is 0 Å². The summed E-state index contributed by atoms with van der Waals surface area (Å²) in [7, 11) is 0. The average Bonchev–Trinajstić information content (AvgIpc) is 2.22. The van der Waals surface area contributed by atoms with Crippen LogP contribution in [0.25, 0.3) is 5.76 Å². The van der Waals surface area contributed by atoms with E-state index in [4.69, 9.17) is 5.11 Å². The Bertz CT molecular complexity index is 523. The number of rotatable bonds is 3. The van der Waals surface area contributed by atoms with Crippen LogP contribution >= 0.6 is 0 Å². The zero-order valence-electron chi connectivity index (χ0n) is 8.08. The molecule has 4 nitrogen and oxygen atoms in total. The van der Waals surface area contributed by atoms with Crippen LogP contribution in [0.5, 0.6) is 0 Å². The highest BCUT2D eigenvalue weighted by atomic mass is 19.2. The molecule has 0 fully saturated rings. The lowest BCUT2D eigenvalue weighted by atomic mass is 10.1. The largest absolute Gasteiger partial charge is 0.507 e. The topological polar surface area (TPSA) is 74.6 Å². The summed E-state index contributed by atoms with van der Waals surface area (Å²) in [6.07, 6.45) is 0.193. The number of carboxylic acids is 1. The predicted molar refractivity (Wildman–Crippen MR) is 49.6 cm³/mol. The molecule has 0 aliphatic carbocycles. The quantitative estimate of drug-likeness (QED) is 0.368. The van der Waals surface area contributed by atoms with Gasteiger partial charge in [0.05, 0.1) is 5.56 Å². The first-order valence-corrected chi connectivity index (χ1v) is 4.15. The van der Waals surface area contributed by atoms with Crippen LogP contribution in [0, 0.1) is 17.5 Å². The van der Waals surface area contributed by atoms with Crippen molar-refractivity contribution in [3.8, 4) is 0 Å². The van der Waals surface area contributed by atoms with Crippen molar-refractivity contribution < 1.29 is 33.0 Å². The highest BCUT2D eigenvalue weighted by Crippen LogP contribution is 2.19. The van der Waals surface area contributed by atoms with Gasteiger partial charge >= 0.3 is 5.97 Å². The van der Waals surface area contributed by atoms with Gasteiger partial charge in [-0.25, -0.2) is 18.0 Å². The summed E-state index contributed by atoms with van der Waals surface area (Å²) in [5.41, 5.74) is -0.807. The number of benzene rings is 1. The average molecular weight is 246 g/mol. The Morgan fingerprint density at radius 2 is 1.53 bits per heavy atom. The van der Waals surface area contributed by atoms with Crippen molar-refractivity contribution in [3.63, 3.8) is 0 Å². The van der Waals surface area contributed by atoms with Gasteiger partial charge in [-0.05, 0) is 6.07 Å². The number of carboxylic acid groups (broad SMARTS) is 1. The number of carbonyl (C=O) groups excluding carboxylic acids is 1. The van der Waals surface area contributed by atoms with Crippen molar-refractivity contribution in [2.45, 2.75) is 0 Å². The van der Waals surface area contributed by atoms with E-state index in [1.165, 1.54) is 0 Å². The van der Waals surface area contributed by atoms with Crippen LogP contribution in [0.15, 0.2) is 18.2 Å². The molecule has 0 aromatic heterocycles. The maximum Gasteiger partial charge on any atom is 0.376 e. The number of hydrogen-bond acceptors (Lipinski definition) is 3. The molecule has 0 aliphatic heterocycles. The smallest absolute Gasteiger partial charge is 0.376 e. The van der Waals surface area contributed by atoms with Crippen molar-refractivity contribution in [1.82, 2.24) is 0 Å². The Balaban J connectivity index is 3.21. The van der Waals surface area contributed by atoms with Crippen LogP contribution in [0.2, 0.25) is 0 Å². The second-order valence-corrected chi connectivity index (χ2v) is 2.95. The van der Waals surface area contributed by atoms with E-state index in [1.807, 2.05) is 0 Å². The fourth-order valence-electron chi connectivity index (χ4n) is 0.983. The molecule has 0 saturated carbocycles. The normalized spacial score (nSPS) is 11.4. The van der Waals surface area contributed by atoms with Crippen molar-refractivity contribution in [2.75, 3.05) is 0 Å². The molecule has 0 spiro atoms. The molecular formula is C10H5F3O4. The zero-order valence-corrected chi connectivity index (χ0v) is 8.08. The molecule has 1 aromatic carbocycles. The zero-order chi connectivity index (χ0) is 13.2. The molecule has 1 aromatic rings. The summed E-state index contributed by atoms with van der Waals surface area (Å²) in [4.78, 5) is 20.8. The number of aliphatic hydroxyl groups excluding tert-OH is 1. The van der Waals surface area contributed by atoms with Gasteiger partial charge in [-0.15, -0.1) is 0 Å². The fraction of sp³-hybridized carbons (Fsp3) is 0. The van der Waals surface area contributed by atoms with Gasteiger partial charge in [-0.1, -0.05) is 0 Å². The third-order valence-electron chi connectivity index (χ3n) is 1.76. The highest BCUT2D eigenvalue weighted by Gasteiger charge is 2.16. The molecule has 7 heteroatoms. The lowest BCUT2D eigenvalue weighted by Gasteiger charge is -2.02. The molecule has 0 atom stereocenters. The van der Waals surface area contributed by atoms with Crippen LogP contribution in [-0.4, -0.2) is 22.0 Å². The fourth-order valence-corrected chi connectivity index (χ4v) is 0.983. The summed E-state index contributed by atoms with van der Waals surface area (Å²) in [5, 5.41) is 17.4. The summed E-state index contributed by atoms with van der Waals surface area (Å²) in [6.45, 7) is 0. The van der Waals surface area contributed by atoms with Crippen molar-refractivity contribution >= 4 is 17.5 Å². The highest BCUT2D eigenvalue weighted by molar-refractivity contribution is 6.38. The number of aliphatic carboxylic acids is 1. The number of hydrogen-bond donors (Lipinski definition) is 2.